The molecule has 10 heavy (non-hydrogen) atoms. The maximum atomic E-state index is 10.5. The summed E-state index contributed by atoms with van der Waals surface area (Å²) in [5.74, 6) is 0. The topological polar surface area (TPSA) is 73.3 Å². The van der Waals surface area contributed by atoms with Crippen LogP contribution in [0, 0.1) is 0 Å². The van der Waals surface area contributed by atoms with Crippen molar-refractivity contribution in [1.29, 1.82) is 0 Å². The van der Waals surface area contributed by atoms with Gasteiger partial charge in [-0.1, -0.05) is 0 Å². The first kappa shape index (κ1) is 12.0. The molecular formula is C6H16N2O2. The molecule has 4 nitrogen and oxygen atoms in total. The Labute approximate surface area is 61.5 Å². The molecule has 0 aliphatic heterocycles. The van der Waals surface area contributed by atoms with Crippen LogP contribution in [0.25, 0.3) is 0 Å². The largest absolute Gasteiger partial charge is 0.444 e. The summed E-state index contributed by atoms with van der Waals surface area (Å²) in [6.07, 6.45) is -0.387. The number of carbonyl (C=O) groups is 1. The normalized spacial score (nSPS) is 9.60. The minimum atomic E-state index is -0.389. The fourth-order valence-corrected chi connectivity index (χ4v) is 0.329. The van der Waals surface area contributed by atoms with Gasteiger partial charge in [0.1, 0.15) is 5.60 Å². The summed E-state index contributed by atoms with van der Waals surface area (Å²) >= 11 is 0. The van der Waals surface area contributed by atoms with Crippen LogP contribution in [0.4, 0.5) is 4.79 Å². The highest BCUT2D eigenvalue weighted by Crippen LogP contribution is 2.05. The molecule has 0 radical (unpaired) electrons. The molecule has 0 saturated heterocycles. The lowest BCUT2D eigenvalue weighted by atomic mass is 10.2. The quantitative estimate of drug-likeness (QED) is 0.543. The molecule has 0 aromatic carbocycles. The Balaban J connectivity index is 0. The SMILES string of the molecule is CNC(=O)OC(C)(C)C.N. The summed E-state index contributed by atoms with van der Waals surface area (Å²) in [5.41, 5.74) is -0.389. The van der Waals surface area contributed by atoms with Gasteiger partial charge in [-0.05, 0) is 20.8 Å². The van der Waals surface area contributed by atoms with Gasteiger partial charge in [-0.2, -0.15) is 0 Å². The van der Waals surface area contributed by atoms with Crippen LogP contribution in [0.15, 0.2) is 0 Å². The second-order valence-corrected chi connectivity index (χ2v) is 2.75. The van der Waals surface area contributed by atoms with Crippen molar-refractivity contribution in [3.8, 4) is 0 Å². The van der Waals surface area contributed by atoms with Crippen molar-refractivity contribution in [1.82, 2.24) is 11.5 Å². The fraction of sp³-hybridized carbons (Fsp3) is 0.833. The molecule has 4 heteroatoms. The Hall–Kier alpha value is -0.770. The average Bonchev–Trinajstić information content (AvgIpc) is 1.62. The number of ether oxygens (including phenoxy) is 1. The van der Waals surface area contributed by atoms with Gasteiger partial charge >= 0.3 is 6.09 Å². The molecule has 0 aromatic rings. The van der Waals surface area contributed by atoms with Gasteiger partial charge in [0.2, 0.25) is 0 Å². The number of nitrogens with one attached hydrogen (secondary N) is 1. The fourth-order valence-electron chi connectivity index (χ4n) is 0.329. The minimum absolute atomic E-state index is 0. The lowest BCUT2D eigenvalue weighted by Crippen LogP contribution is -2.30. The van der Waals surface area contributed by atoms with Crippen LogP contribution >= 0.6 is 0 Å². The first-order valence-corrected chi connectivity index (χ1v) is 2.86. The van der Waals surface area contributed by atoms with Gasteiger partial charge in [0.15, 0.2) is 0 Å². The first-order valence-electron chi connectivity index (χ1n) is 2.86. The summed E-state index contributed by atoms with van der Waals surface area (Å²) in [7, 11) is 1.54. The standard InChI is InChI=1S/C6H13NO2.H3N/c1-6(2,3)9-5(8)7-4;/h1-4H3,(H,7,8);1H3. The van der Waals surface area contributed by atoms with Crippen LogP contribution in [0.3, 0.4) is 0 Å². The predicted molar refractivity (Wildman–Crippen MR) is 40.3 cm³/mol. The Morgan fingerprint density at radius 1 is 1.40 bits per heavy atom. The van der Waals surface area contributed by atoms with E-state index in [1.54, 1.807) is 0 Å². The van der Waals surface area contributed by atoms with Gasteiger partial charge in [-0.3, -0.25) is 0 Å². The third-order valence-corrected chi connectivity index (χ3v) is 0.603. The lowest BCUT2D eigenvalue weighted by Gasteiger charge is -2.18. The molecule has 0 spiro atoms. The van der Waals surface area contributed by atoms with Crippen LogP contribution < -0.4 is 11.5 Å². The van der Waals surface area contributed by atoms with Crippen molar-refractivity contribution in [3.63, 3.8) is 0 Å². The van der Waals surface area contributed by atoms with Gasteiger partial charge in [-0.25, -0.2) is 4.79 Å². The summed E-state index contributed by atoms with van der Waals surface area (Å²) in [5, 5.41) is 2.36. The second-order valence-electron chi connectivity index (χ2n) is 2.75. The highest BCUT2D eigenvalue weighted by atomic mass is 16.6. The zero-order chi connectivity index (χ0) is 7.49. The molecule has 4 N–H and O–H groups in total. The Bertz CT molecular complexity index is 107. The molecule has 0 unspecified atom stereocenters. The van der Waals surface area contributed by atoms with Crippen molar-refractivity contribution in [2.24, 2.45) is 0 Å². The maximum absolute atomic E-state index is 10.5. The number of rotatable bonds is 0. The monoisotopic (exact) mass is 148 g/mol. The second kappa shape index (κ2) is 4.11. The van der Waals surface area contributed by atoms with E-state index in [2.05, 4.69) is 5.32 Å². The van der Waals surface area contributed by atoms with Crippen molar-refractivity contribution < 1.29 is 9.53 Å². The van der Waals surface area contributed by atoms with Gasteiger partial charge in [-0.15, -0.1) is 0 Å². The van der Waals surface area contributed by atoms with Crippen molar-refractivity contribution >= 4 is 6.09 Å². The van der Waals surface area contributed by atoms with Gasteiger partial charge in [0, 0.05) is 7.05 Å². The van der Waals surface area contributed by atoms with E-state index in [0.717, 1.165) is 0 Å². The maximum Gasteiger partial charge on any atom is 0.407 e. The number of hydrogen-bond acceptors (Lipinski definition) is 3. The van der Waals surface area contributed by atoms with Gasteiger partial charge in [0.25, 0.3) is 0 Å². The highest BCUT2D eigenvalue weighted by molar-refractivity contribution is 5.67. The van der Waals surface area contributed by atoms with E-state index in [0.29, 0.717) is 0 Å². The van der Waals surface area contributed by atoms with E-state index >= 15 is 0 Å². The predicted octanol–water partition coefficient (Wildman–Crippen LogP) is 1.30. The third kappa shape index (κ3) is 7.23. The number of amides is 1. The van der Waals surface area contributed by atoms with Crippen LogP contribution in [0.1, 0.15) is 20.8 Å². The van der Waals surface area contributed by atoms with Crippen LogP contribution in [-0.2, 0) is 4.74 Å². The van der Waals surface area contributed by atoms with Crippen LogP contribution in [0.5, 0.6) is 0 Å². The number of carbonyl (C=O) groups excluding carboxylic acids is 1. The van der Waals surface area contributed by atoms with Crippen molar-refractivity contribution in [3.05, 3.63) is 0 Å². The summed E-state index contributed by atoms with van der Waals surface area (Å²) in [6.45, 7) is 5.46. The summed E-state index contributed by atoms with van der Waals surface area (Å²) in [6, 6.07) is 0. The van der Waals surface area contributed by atoms with E-state index in [9.17, 15) is 4.79 Å². The van der Waals surface area contributed by atoms with Crippen LogP contribution in [0.2, 0.25) is 0 Å². The van der Waals surface area contributed by atoms with E-state index in [4.69, 9.17) is 4.74 Å². The first-order chi connectivity index (χ1) is 3.95. The molecule has 62 valence electrons. The lowest BCUT2D eigenvalue weighted by molar-refractivity contribution is 0.0541. The zero-order valence-electron chi connectivity index (χ0n) is 7.02. The summed E-state index contributed by atoms with van der Waals surface area (Å²) in [4.78, 5) is 10.5. The molecule has 0 fully saturated rings. The zero-order valence-corrected chi connectivity index (χ0v) is 7.02. The minimum Gasteiger partial charge on any atom is -0.444 e. The Morgan fingerprint density at radius 2 is 1.80 bits per heavy atom. The van der Waals surface area contributed by atoms with Crippen molar-refractivity contribution in [2.75, 3.05) is 7.05 Å². The molecule has 0 aliphatic carbocycles. The molecule has 0 rings (SSSR count). The van der Waals surface area contributed by atoms with E-state index < -0.39 is 0 Å². The van der Waals surface area contributed by atoms with Crippen molar-refractivity contribution in [2.45, 2.75) is 26.4 Å². The molecule has 1 amide bonds. The Morgan fingerprint density at radius 3 is 1.90 bits per heavy atom. The molecular weight excluding hydrogens is 132 g/mol. The molecule has 0 saturated carbocycles. The van der Waals surface area contributed by atoms with Gasteiger partial charge in [0.05, 0.1) is 0 Å². The van der Waals surface area contributed by atoms with Crippen LogP contribution in [-0.4, -0.2) is 18.7 Å². The molecule has 0 aliphatic rings. The van der Waals surface area contributed by atoms with Gasteiger partial charge < -0.3 is 16.2 Å². The molecule has 0 atom stereocenters. The Kier molecular flexibility index (Phi) is 4.92. The summed E-state index contributed by atoms with van der Waals surface area (Å²) < 4.78 is 4.84. The average molecular weight is 148 g/mol. The highest BCUT2D eigenvalue weighted by Gasteiger charge is 2.13. The third-order valence-electron chi connectivity index (χ3n) is 0.603. The molecule has 0 aromatic heterocycles. The molecule has 0 bridgehead atoms. The smallest absolute Gasteiger partial charge is 0.407 e. The van der Waals surface area contributed by atoms with E-state index in [-0.39, 0.29) is 17.8 Å². The number of hydrogen-bond donors (Lipinski definition) is 2. The molecule has 0 heterocycles. The number of alkyl carbamates (subject to hydrolysis) is 1. The van der Waals surface area contributed by atoms with E-state index in [1.165, 1.54) is 7.05 Å². The van der Waals surface area contributed by atoms with E-state index in [1.807, 2.05) is 20.8 Å².